The maximum Gasteiger partial charge on any atom is 0.192 e. The third kappa shape index (κ3) is 3.17. The quantitative estimate of drug-likeness (QED) is 0.800. The lowest BCUT2D eigenvalue weighted by atomic mass is 10.2. The van der Waals surface area contributed by atoms with Crippen LogP contribution in [0.15, 0.2) is 46.3 Å². The lowest BCUT2D eigenvalue weighted by Gasteiger charge is -2.17. The summed E-state index contributed by atoms with van der Waals surface area (Å²) in [6.07, 6.45) is 0. The zero-order valence-corrected chi connectivity index (χ0v) is 11.8. The number of hydrogen-bond acceptors (Lipinski definition) is 3. The first-order chi connectivity index (χ1) is 8.16. The van der Waals surface area contributed by atoms with Gasteiger partial charge in [0.25, 0.3) is 0 Å². The molecule has 1 heterocycles. The minimum atomic E-state index is 0.145. The molecule has 2 aromatic rings. The molecular weight excluding hydrogens is 298 g/mol. The third-order valence-electron chi connectivity index (χ3n) is 2.43. The molecule has 0 saturated heterocycles. The number of carbonyl (C=O) groups is 1. The molecule has 0 spiro atoms. The highest BCUT2D eigenvalue weighted by atomic mass is 79.9. The van der Waals surface area contributed by atoms with Gasteiger partial charge in [-0.05, 0) is 40.2 Å². The van der Waals surface area contributed by atoms with Gasteiger partial charge in [-0.25, -0.2) is 0 Å². The van der Waals surface area contributed by atoms with Gasteiger partial charge in [0.2, 0.25) is 0 Å². The van der Waals surface area contributed by atoms with Crippen molar-refractivity contribution >= 4 is 38.7 Å². The maximum atomic E-state index is 12.0. The fourth-order valence-corrected chi connectivity index (χ4v) is 2.85. The topological polar surface area (TPSA) is 20.3 Å². The number of para-hydroxylation sites is 1. The zero-order valence-electron chi connectivity index (χ0n) is 9.39. The summed E-state index contributed by atoms with van der Waals surface area (Å²) in [5, 5.41) is 0. The highest BCUT2D eigenvalue weighted by molar-refractivity contribution is 9.11. The van der Waals surface area contributed by atoms with E-state index in [0.29, 0.717) is 6.54 Å². The Labute approximate surface area is 113 Å². The van der Waals surface area contributed by atoms with Crippen molar-refractivity contribution in [3.05, 3.63) is 51.1 Å². The van der Waals surface area contributed by atoms with E-state index in [9.17, 15) is 4.79 Å². The number of anilines is 1. The second kappa shape index (κ2) is 5.47. The fraction of sp³-hybridized carbons (Fsp3) is 0.154. The van der Waals surface area contributed by atoms with Crippen molar-refractivity contribution in [3.8, 4) is 0 Å². The average molecular weight is 310 g/mol. The average Bonchev–Trinajstić information content (AvgIpc) is 2.77. The molecular formula is C13H12BrNOS. The van der Waals surface area contributed by atoms with Crippen LogP contribution in [-0.2, 0) is 0 Å². The lowest BCUT2D eigenvalue weighted by molar-refractivity contribution is 0.100. The minimum absolute atomic E-state index is 0.145. The molecule has 0 amide bonds. The van der Waals surface area contributed by atoms with Gasteiger partial charge in [0.1, 0.15) is 0 Å². The Hall–Kier alpha value is -1.13. The number of likely N-dealkylation sites (N-methyl/N-ethyl adjacent to an activating group) is 1. The van der Waals surface area contributed by atoms with Crippen LogP contribution >= 0.6 is 27.3 Å². The molecule has 0 saturated carbocycles. The van der Waals surface area contributed by atoms with E-state index in [1.165, 1.54) is 11.3 Å². The number of carbonyl (C=O) groups excluding carboxylic acids is 1. The Morgan fingerprint density at radius 3 is 2.53 bits per heavy atom. The maximum absolute atomic E-state index is 12.0. The van der Waals surface area contributed by atoms with E-state index in [2.05, 4.69) is 15.9 Å². The number of hydrogen-bond donors (Lipinski definition) is 0. The standard InChI is InChI=1S/C13H12BrNOS/c1-15(10-5-3-2-4-6-10)9-11(16)12-7-8-13(14)17-12/h2-8H,9H2,1H3. The van der Waals surface area contributed by atoms with Crippen LogP contribution < -0.4 is 4.90 Å². The summed E-state index contributed by atoms with van der Waals surface area (Å²) in [5.41, 5.74) is 1.05. The van der Waals surface area contributed by atoms with Crippen molar-refractivity contribution < 1.29 is 4.79 Å². The van der Waals surface area contributed by atoms with E-state index in [1.54, 1.807) is 0 Å². The molecule has 4 heteroatoms. The number of benzene rings is 1. The third-order valence-corrected chi connectivity index (χ3v) is 4.09. The Morgan fingerprint density at radius 1 is 1.24 bits per heavy atom. The molecule has 1 aromatic heterocycles. The van der Waals surface area contributed by atoms with Crippen LogP contribution in [0.2, 0.25) is 0 Å². The van der Waals surface area contributed by atoms with Crippen LogP contribution in [-0.4, -0.2) is 19.4 Å². The van der Waals surface area contributed by atoms with Gasteiger partial charge in [0.05, 0.1) is 15.2 Å². The first-order valence-electron chi connectivity index (χ1n) is 5.21. The summed E-state index contributed by atoms with van der Waals surface area (Å²) in [6.45, 7) is 0.400. The van der Waals surface area contributed by atoms with Gasteiger partial charge in [-0.2, -0.15) is 0 Å². The van der Waals surface area contributed by atoms with Crippen LogP contribution in [0.1, 0.15) is 9.67 Å². The number of rotatable bonds is 4. The van der Waals surface area contributed by atoms with Crippen molar-refractivity contribution in [3.63, 3.8) is 0 Å². The fourth-order valence-electron chi connectivity index (χ4n) is 1.53. The van der Waals surface area contributed by atoms with Crippen molar-refractivity contribution in [1.82, 2.24) is 0 Å². The van der Waals surface area contributed by atoms with Gasteiger partial charge in [0.15, 0.2) is 5.78 Å². The highest BCUT2D eigenvalue weighted by Gasteiger charge is 2.11. The molecule has 0 aliphatic rings. The van der Waals surface area contributed by atoms with Crippen LogP contribution in [0.3, 0.4) is 0 Å². The van der Waals surface area contributed by atoms with Crippen molar-refractivity contribution in [2.24, 2.45) is 0 Å². The van der Waals surface area contributed by atoms with E-state index < -0.39 is 0 Å². The predicted molar refractivity (Wildman–Crippen MR) is 76.1 cm³/mol. The van der Waals surface area contributed by atoms with Gasteiger partial charge < -0.3 is 4.90 Å². The normalized spacial score (nSPS) is 10.2. The molecule has 88 valence electrons. The van der Waals surface area contributed by atoms with E-state index in [0.717, 1.165) is 14.4 Å². The molecule has 0 aliphatic heterocycles. The van der Waals surface area contributed by atoms with Crippen LogP contribution in [0.5, 0.6) is 0 Å². The molecule has 0 unspecified atom stereocenters. The summed E-state index contributed by atoms with van der Waals surface area (Å²) in [5.74, 6) is 0.145. The summed E-state index contributed by atoms with van der Waals surface area (Å²) >= 11 is 4.84. The molecule has 2 nitrogen and oxygen atoms in total. The molecule has 2 rings (SSSR count). The second-order valence-electron chi connectivity index (χ2n) is 3.72. The van der Waals surface area contributed by atoms with Gasteiger partial charge in [-0.3, -0.25) is 4.79 Å². The monoisotopic (exact) mass is 309 g/mol. The zero-order chi connectivity index (χ0) is 12.3. The van der Waals surface area contributed by atoms with Gasteiger partial charge in [0, 0.05) is 12.7 Å². The Bertz CT molecular complexity index is 509. The molecule has 0 aliphatic carbocycles. The Balaban J connectivity index is 2.04. The Morgan fingerprint density at radius 2 is 1.94 bits per heavy atom. The van der Waals surface area contributed by atoms with E-state index >= 15 is 0 Å². The molecule has 0 atom stereocenters. The molecule has 17 heavy (non-hydrogen) atoms. The summed E-state index contributed by atoms with van der Waals surface area (Å²) in [7, 11) is 1.93. The molecule has 0 N–H and O–H groups in total. The van der Waals surface area contributed by atoms with Crippen LogP contribution in [0, 0.1) is 0 Å². The summed E-state index contributed by atoms with van der Waals surface area (Å²) < 4.78 is 0.989. The lowest BCUT2D eigenvalue weighted by Crippen LogP contribution is -2.24. The van der Waals surface area contributed by atoms with Crippen LogP contribution in [0.25, 0.3) is 0 Å². The predicted octanol–water partition coefficient (Wildman–Crippen LogP) is 3.83. The van der Waals surface area contributed by atoms with Gasteiger partial charge in [-0.15, -0.1) is 11.3 Å². The van der Waals surface area contributed by atoms with Crippen LogP contribution in [0.4, 0.5) is 5.69 Å². The number of Topliss-reactive ketones (excluding diaryl/α,β-unsaturated/α-hetero) is 1. The van der Waals surface area contributed by atoms with Crippen molar-refractivity contribution in [2.75, 3.05) is 18.5 Å². The number of halogens is 1. The molecule has 0 bridgehead atoms. The number of thiophene rings is 1. The van der Waals surface area contributed by atoms with Crippen molar-refractivity contribution in [2.45, 2.75) is 0 Å². The largest absolute Gasteiger partial charge is 0.367 e. The number of ketones is 1. The van der Waals surface area contributed by atoms with Crippen molar-refractivity contribution in [1.29, 1.82) is 0 Å². The van der Waals surface area contributed by atoms with E-state index in [4.69, 9.17) is 0 Å². The molecule has 0 radical (unpaired) electrons. The summed E-state index contributed by atoms with van der Waals surface area (Å²) in [6, 6.07) is 13.7. The smallest absolute Gasteiger partial charge is 0.192 e. The second-order valence-corrected chi connectivity index (χ2v) is 6.18. The Kier molecular flexibility index (Phi) is 3.97. The minimum Gasteiger partial charge on any atom is -0.367 e. The van der Waals surface area contributed by atoms with Gasteiger partial charge >= 0.3 is 0 Å². The number of nitrogens with zero attached hydrogens (tertiary/aromatic N) is 1. The van der Waals surface area contributed by atoms with Gasteiger partial charge in [-0.1, -0.05) is 18.2 Å². The first kappa shape index (κ1) is 12.3. The molecule has 1 aromatic carbocycles. The van der Waals surface area contributed by atoms with E-state index in [1.807, 2.05) is 54.4 Å². The van der Waals surface area contributed by atoms with E-state index in [-0.39, 0.29) is 5.78 Å². The first-order valence-corrected chi connectivity index (χ1v) is 6.82. The summed E-state index contributed by atoms with van der Waals surface area (Å²) in [4.78, 5) is 14.7. The SMILES string of the molecule is CN(CC(=O)c1ccc(Br)s1)c1ccccc1. The highest BCUT2D eigenvalue weighted by Crippen LogP contribution is 2.23. The molecule has 0 fully saturated rings.